The molecule has 1 amide bonds. The molecule has 3 aromatic rings. The van der Waals surface area contributed by atoms with Gasteiger partial charge in [-0.15, -0.1) is 11.3 Å². The number of nitrogens with zero attached hydrogens (tertiary/aromatic N) is 2. The zero-order valence-corrected chi connectivity index (χ0v) is 18.8. The van der Waals surface area contributed by atoms with Crippen LogP contribution in [0.3, 0.4) is 0 Å². The number of pyridine rings is 1. The zero-order chi connectivity index (χ0) is 22.8. The highest BCUT2D eigenvalue weighted by Crippen LogP contribution is 2.44. The number of hydrogen-bond donors (Lipinski definition) is 1. The van der Waals surface area contributed by atoms with Gasteiger partial charge in [-0.3, -0.25) is 14.6 Å². The second kappa shape index (κ2) is 9.02. The van der Waals surface area contributed by atoms with Crippen LogP contribution in [0.4, 0.5) is 0 Å². The fourth-order valence-electron chi connectivity index (χ4n) is 3.64. The zero-order valence-electron chi connectivity index (χ0n) is 17.2. The second-order valence-corrected chi connectivity index (χ2v) is 8.34. The van der Waals surface area contributed by atoms with Crippen molar-refractivity contribution >= 4 is 40.4 Å². The van der Waals surface area contributed by atoms with Gasteiger partial charge >= 0.3 is 0 Å². The molecule has 1 fully saturated rings. The average molecular weight is 471 g/mol. The molecule has 4 rings (SSSR count). The minimum atomic E-state index is -0.784. The topological polar surface area (TPSA) is 89.0 Å². The molecule has 0 aliphatic carbocycles. The lowest BCUT2D eigenvalue weighted by Gasteiger charge is -2.24. The van der Waals surface area contributed by atoms with Crippen LogP contribution in [0.25, 0.3) is 5.76 Å². The SMILES string of the molecule is COc1cc(/C(O)=C2\C(=O)C(=O)N(Cc3ccccn3)C2c2cccs2)c(OC)cc1Cl. The van der Waals surface area contributed by atoms with E-state index in [9.17, 15) is 14.7 Å². The Morgan fingerprint density at radius 2 is 1.94 bits per heavy atom. The quantitative estimate of drug-likeness (QED) is 0.325. The first-order valence-corrected chi connectivity index (χ1v) is 10.9. The number of benzene rings is 1. The largest absolute Gasteiger partial charge is 0.507 e. The lowest BCUT2D eigenvalue weighted by molar-refractivity contribution is -0.140. The van der Waals surface area contributed by atoms with Gasteiger partial charge in [0.15, 0.2) is 0 Å². The van der Waals surface area contributed by atoms with E-state index in [1.54, 1.807) is 18.3 Å². The number of hydrogen-bond acceptors (Lipinski definition) is 7. The number of aliphatic hydroxyl groups excluding tert-OH is 1. The van der Waals surface area contributed by atoms with E-state index in [0.29, 0.717) is 11.4 Å². The molecular weight excluding hydrogens is 452 g/mol. The minimum Gasteiger partial charge on any atom is -0.507 e. The molecule has 2 aromatic heterocycles. The molecular formula is C23H19ClN2O5S. The van der Waals surface area contributed by atoms with E-state index >= 15 is 0 Å². The summed E-state index contributed by atoms with van der Waals surface area (Å²) in [4.78, 5) is 32.6. The van der Waals surface area contributed by atoms with Crippen LogP contribution < -0.4 is 9.47 Å². The number of ether oxygens (including phenoxy) is 2. The summed E-state index contributed by atoms with van der Waals surface area (Å²) in [7, 11) is 2.86. The molecule has 1 aromatic carbocycles. The van der Waals surface area contributed by atoms with Crippen molar-refractivity contribution in [1.29, 1.82) is 0 Å². The lowest BCUT2D eigenvalue weighted by Crippen LogP contribution is -2.29. The number of thiophene rings is 1. The van der Waals surface area contributed by atoms with Gasteiger partial charge in [-0.05, 0) is 29.6 Å². The van der Waals surface area contributed by atoms with Crippen molar-refractivity contribution in [3.63, 3.8) is 0 Å². The molecule has 7 nitrogen and oxygen atoms in total. The highest BCUT2D eigenvalue weighted by Gasteiger charge is 2.47. The van der Waals surface area contributed by atoms with E-state index in [4.69, 9.17) is 21.1 Å². The molecule has 9 heteroatoms. The first-order chi connectivity index (χ1) is 15.5. The van der Waals surface area contributed by atoms with E-state index in [2.05, 4.69) is 4.98 Å². The Kier molecular flexibility index (Phi) is 6.16. The van der Waals surface area contributed by atoms with Gasteiger partial charge in [-0.25, -0.2) is 0 Å². The van der Waals surface area contributed by atoms with Crippen molar-refractivity contribution in [2.24, 2.45) is 0 Å². The first-order valence-electron chi connectivity index (χ1n) is 9.59. The molecule has 164 valence electrons. The van der Waals surface area contributed by atoms with Gasteiger partial charge < -0.3 is 19.5 Å². The maximum atomic E-state index is 13.1. The highest BCUT2D eigenvalue weighted by atomic mass is 35.5. The van der Waals surface area contributed by atoms with Gasteiger partial charge in [0.25, 0.3) is 11.7 Å². The monoisotopic (exact) mass is 470 g/mol. The third-order valence-electron chi connectivity index (χ3n) is 5.14. The molecule has 0 saturated carbocycles. The number of methoxy groups -OCH3 is 2. The third-order valence-corrected chi connectivity index (χ3v) is 6.36. The van der Waals surface area contributed by atoms with Crippen LogP contribution in [0.1, 0.15) is 22.2 Å². The van der Waals surface area contributed by atoms with Crippen molar-refractivity contribution in [1.82, 2.24) is 9.88 Å². The Morgan fingerprint density at radius 1 is 1.16 bits per heavy atom. The van der Waals surface area contributed by atoms with Crippen LogP contribution in [0, 0.1) is 0 Å². The van der Waals surface area contributed by atoms with Crippen molar-refractivity contribution in [3.05, 3.63) is 80.8 Å². The summed E-state index contributed by atoms with van der Waals surface area (Å²) in [6, 6.07) is 11.2. The number of amides is 1. The fraction of sp³-hybridized carbons (Fsp3) is 0.174. The van der Waals surface area contributed by atoms with Crippen LogP contribution in [0.5, 0.6) is 11.5 Å². The first kappa shape index (κ1) is 21.9. The molecule has 1 saturated heterocycles. The number of rotatable bonds is 6. The molecule has 0 spiro atoms. The molecule has 1 N–H and O–H groups in total. The van der Waals surface area contributed by atoms with Gasteiger partial charge in [-0.1, -0.05) is 23.7 Å². The second-order valence-electron chi connectivity index (χ2n) is 6.95. The van der Waals surface area contributed by atoms with E-state index < -0.39 is 17.7 Å². The highest BCUT2D eigenvalue weighted by molar-refractivity contribution is 7.10. The van der Waals surface area contributed by atoms with Crippen molar-refractivity contribution in [2.75, 3.05) is 14.2 Å². The maximum absolute atomic E-state index is 13.1. The van der Waals surface area contributed by atoms with Gasteiger partial charge in [-0.2, -0.15) is 0 Å². The standard InChI is InChI=1S/C23H19ClN2O5S/c1-30-16-11-15(24)17(31-2)10-14(16)21(27)19-20(18-7-5-9-32-18)26(23(29)22(19)28)12-13-6-3-4-8-25-13/h3-11,20,27H,12H2,1-2H3/b21-19+. The third kappa shape index (κ3) is 3.83. The lowest BCUT2D eigenvalue weighted by atomic mass is 9.99. The molecule has 1 unspecified atom stereocenters. The van der Waals surface area contributed by atoms with Crippen LogP contribution in [0.15, 0.2) is 59.6 Å². The Morgan fingerprint density at radius 3 is 2.56 bits per heavy atom. The Labute approximate surface area is 193 Å². The predicted octanol–water partition coefficient (Wildman–Crippen LogP) is 4.44. The number of Topliss-reactive ketones (excluding diaryl/α,β-unsaturated/α-hetero) is 1. The van der Waals surface area contributed by atoms with Crippen LogP contribution >= 0.6 is 22.9 Å². The van der Waals surface area contributed by atoms with Crippen molar-refractivity contribution in [3.8, 4) is 11.5 Å². The molecule has 3 heterocycles. The number of aliphatic hydroxyl groups is 1. The summed E-state index contributed by atoms with van der Waals surface area (Å²) in [5, 5.41) is 13.4. The smallest absolute Gasteiger partial charge is 0.296 e. The molecule has 32 heavy (non-hydrogen) atoms. The van der Waals surface area contributed by atoms with Crippen LogP contribution in [-0.2, 0) is 16.1 Å². The van der Waals surface area contributed by atoms with Crippen LogP contribution in [0.2, 0.25) is 5.02 Å². The minimum absolute atomic E-state index is 0.0314. The number of carbonyl (C=O) groups is 2. The summed E-state index contributed by atoms with van der Waals surface area (Å²) in [5.41, 5.74) is 0.795. The summed E-state index contributed by atoms with van der Waals surface area (Å²) in [6.45, 7) is 0.117. The van der Waals surface area contributed by atoms with E-state index in [1.807, 2.05) is 23.6 Å². The fourth-order valence-corrected chi connectivity index (χ4v) is 4.72. The summed E-state index contributed by atoms with van der Waals surface area (Å²) in [6.07, 6.45) is 1.62. The van der Waals surface area contributed by atoms with E-state index in [-0.39, 0.29) is 34.2 Å². The predicted molar refractivity (Wildman–Crippen MR) is 121 cm³/mol. The number of aromatic nitrogens is 1. The number of ketones is 1. The van der Waals surface area contributed by atoms with E-state index in [0.717, 1.165) is 4.88 Å². The molecule has 1 aliphatic heterocycles. The normalized spacial score (nSPS) is 17.6. The van der Waals surface area contributed by atoms with Gasteiger partial charge in [0, 0.05) is 17.1 Å². The van der Waals surface area contributed by atoms with Crippen LogP contribution in [-0.4, -0.2) is 40.9 Å². The Bertz CT molecular complexity index is 1190. The average Bonchev–Trinajstić information content (AvgIpc) is 3.42. The van der Waals surface area contributed by atoms with Crippen molar-refractivity contribution < 1.29 is 24.2 Å². The van der Waals surface area contributed by atoms with Gasteiger partial charge in [0.2, 0.25) is 0 Å². The summed E-state index contributed by atoms with van der Waals surface area (Å²) in [5.74, 6) is -1.32. The maximum Gasteiger partial charge on any atom is 0.296 e. The number of likely N-dealkylation sites (tertiary alicyclic amines) is 1. The Hall–Kier alpha value is -3.36. The van der Waals surface area contributed by atoms with E-state index in [1.165, 1.54) is 42.6 Å². The summed E-state index contributed by atoms with van der Waals surface area (Å²) < 4.78 is 10.6. The Balaban J connectivity index is 1.89. The number of halogens is 1. The van der Waals surface area contributed by atoms with Crippen molar-refractivity contribution in [2.45, 2.75) is 12.6 Å². The molecule has 0 bridgehead atoms. The molecule has 1 atom stereocenters. The molecule has 1 aliphatic rings. The molecule has 0 radical (unpaired) electrons. The number of carbonyl (C=O) groups excluding carboxylic acids is 2. The summed E-state index contributed by atoms with van der Waals surface area (Å²) >= 11 is 7.57. The van der Waals surface area contributed by atoms with Gasteiger partial charge in [0.1, 0.15) is 23.3 Å². The van der Waals surface area contributed by atoms with Gasteiger partial charge in [0.05, 0.1) is 42.6 Å².